The van der Waals surface area contributed by atoms with E-state index in [0.29, 0.717) is 34.6 Å². The summed E-state index contributed by atoms with van der Waals surface area (Å²) in [4.78, 5) is 17.2. The number of amides is 1. The van der Waals surface area contributed by atoms with E-state index in [1.54, 1.807) is 36.0 Å². The fourth-order valence-corrected chi connectivity index (χ4v) is 5.91. The molecule has 1 fully saturated rings. The Morgan fingerprint density at radius 1 is 1.14 bits per heavy atom. The first kappa shape index (κ1) is 25.8. The molecule has 1 amide bonds. The van der Waals surface area contributed by atoms with Gasteiger partial charge in [0.25, 0.3) is 0 Å². The Labute approximate surface area is 229 Å². The van der Waals surface area contributed by atoms with Gasteiger partial charge in [-0.1, -0.05) is 13.3 Å². The summed E-state index contributed by atoms with van der Waals surface area (Å²) in [5.74, 6) is 1.35. The molecule has 2 aromatic carbocycles. The van der Waals surface area contributed by atoms with Gasteiger partial charge in [-0.15, -0.1) is 0 Å². The van der Waals surface area contributed by atoms with Gasteiger partial charge in [-0.2, -0.15) is 0 Å². The van der Waals surface area contributed by atoms with Crippen LogP contribution in [0.2, 0.25) is 0 Å². The van der Waals surface area contributed by atoms with Crippen molar-refractivity contribution in [1.29, 1.82) is 0 Å². The van der Waals surface area contributed by atoms with Crippen molar-refractivity contribution >= 4 is 49.0 Å². The van der Waals surface area contributed by atoms with Crippen LogP contribution in [0.1, 0.15) is 47.7 Å². The summed E-state index contributed by atoms with van der Waals surface area (Å²) in [5, 5.41) is 8.15. The SMILES string of the molecule is C=C1N(C)C(=O)c2c(nn(Cc3ccc([C](F)(F)[Tl])cc3)c2Nc2ccc(F)cc2)N1[C@H]1CCC[C@H]1C. The van der Waals surface area contributed by atoms with Crippen molar-refractivity contribution in [3.05, 3.63) is 83.4 Å². The van der Waals surface area contributed by atoms with Gasteiger partial charge in [0, 0.05) is 0 Å². The molecule has 2 heterocycles. The Hall–Kier alpha value is -2.83. The normalized spacial score (nSPS) is 19.9. The topological polar surface area (TPSA) is 53.4 Å². The predicted octanol–water partition coefficient (Wildman–Crippen LogP) is 5.58. The molecular formula is C27H27F3N5OTl. The number of alkyl halides is 2. The minimum Gasteiger partial charge on any atom is -0.0605 e. The van der Waals surface area contributed by atoms with E-state index in [9.17, 15) is 18.0 Å². The van der Waals surface area contributed by atoms with Crippen molar-refractivity contribution < 1.29 is 18.0 Å². The molecule has 1 N–H and O–H groups in total. The van der Waals surface area contributed by atoms with Gasteiger partial charge in [-0.05, 0) is 6.42 Å². The zero-order chi connectivity index (χ0) is 26.5. The zero-order valence-corrected chi connectivity index (χ0v) is 25.2. The van der Waals surface area contributed by atoms with Crippen molar-refractivity contribution in [2.75, 3.05) is 17.3 Å². The molecule has 0 saturated heterocycles. The Bertz CT molecular complexity index is 1330. The molecule has 10 heteroatoms. The number of carbonyl (C=O) groups excluding carboxylic acids is 1. The number of rotatable bonds is 6. The maximum atomic E-state index is 13.8. The molecule has 0 radical (unpaired) electrons. The van der Waals surface area contributed by atoms with Gasteiger partial charge in [0.2, 0.25) is 0 Å². The first-order valence-corrected chi connectivity index (χ1v) is 14.4. The van der Waals surface area contributed by atoms with Gasteiger partial charge >= 0.3 is 201 Å². The summed E-state index contributed by atoms with van der Waals surface area (Å²) < 4.78 is 40.1. The fraction of sp³-hybridized carbons (Fsp3) is 0.333. The number of halogens is 3. The van der Waals surface area contributed by atoms with Crippen LogP contribution in [-0.2, 0) is 10.0 Å². The van der Waals surface area contributed by atoms with Crippen LogP contribution in [0.3, 0.4) is 0 Å². The number of hydrogen-bond acceptors (Lipinski definition) is 4. The minimum absolute atomic E-state index is 0.000156. The van der Waals surface area contributed by atoms with E-state index in [0.717, 1.165) is 24.8 Å². The van der Waals surface area contributed by atoms with Gasteiger partial charge in [-0.3, -0.25) is 0 Å². The Kier molecular flexibility index (Phi) is 6.84. The van der Waals surface area contributed by atoms with Crippen LogP contribution in [0, 0.1) is 11.7 Å². The predicted molar refractivity (Wildman–Crippen MR) is 138 cm³/mol. The monoisotopic (exact) mass is 699 g/mol. The van der Waals surface area contributed by atoms with E-state index in [2.05, 4.69) is 23.7 Å². The molecule has 0 unspecified atom stereocenters. The van der Waals surface area contributed by atoms with Crippen molar-refractivity contribution in [1.82, 2.24) is 14.7 Å². The molecule has 5 rings (SSSR count). The number of aromatic nitrogens is 2. The van der Waals surface area contributed by atoms with Crippen LogP contribution in [0.15, 0.2) is 60.9 Å². The molecule has 3 aromatic rings. The second-order valence-corrected chi connectivity index (χ2v) is 12.6. The van der Waals surface area contributed by atoms with Crippen LogP contribution in [0.25, 0.3) is 0 Å². The minimum atomic E-state index is -2.77. The maximum absolute atomic E-state index is 13.8. The van der Waals surface area contributed by atoms with Crippen molar-refractivity contribution in [3.63, 3.8) is 0 Å². The summed E-state index contributed by atoms with van der Waals surface area (Å²) in [6, 6.07) is 12.2. The van der Waals surface area contributed by atoms with E-state index in [4.69, 9.17) is 5.10 Å². The van der Waals surface area contributed by atoms with E-state index >= 15 is 0 Å². The number of hydrogen-bond donors (Lipinski definition) is 1. The average Bonchev–Trinajstić information content (AvgIpc) is 3.43. The number of nitrogens with one attached hydrogen (secondary N) is 1. The fourth-order valence-electron chi connectivity index (χ4n) is 5.16. The van der Waals surface area contributed by atoms with Crippen molar-refractivity contribution in [3.8, 4) is 0 Å². The molecule has 1 saturated carbocycles. The average molecular weight is 699 g/mol. The summed E-state index contributed by atoms with van der Waals surface area (Å²) in [5.41, 5.74) is 1.76. The van der Waals surface area contributed by atoms with Crippen LogP contribution < -0.4 is 10.2 Å². The summed E-state index contributed by atoms with van der Waals surface area (Å²) in [6.07, 6.45) is 3.13. The third kappa shape index (κ3) is 4.89. The van der Waals surface area contributed by atoms with Crippen LogP contribution in [0.4, 0.5) is 30.5 Å². The standard InChI is InChI=1S/C27H27F3N5O.Tl/c1-16-5-4-6-22(16)35-17(2)33(3)27(36)23-25(31-21-13-11-20(28)12-14-21)34(32-26(23)35)15-18-7-9-19(10-8-18)24(29)30;/h7-14,16,22,31H,2,4-6,15H2,1,3H3;/t16-,22+;/m1./s1. The first-order chi connectivity index (χ1) is 17.5. The van der Waals surface area contributed by atoms with E-state index in [-0.39, 0.29) is 29.9 Å². The number of benzene rings is 2. The van der Waals surface area contributed by atoms with Crippen molar-refractivity contribution in [2.24, 2.45) is 5.92 Å². The third-order valence-electron chi connectivity index (χ3n) is 7.27. The summed E-state index contributed by atoms with van der Waals surface area (Å²) >= 11 is -0.493. The summed E-state index contributed by atoms with van der Waals surface area (Å²) in [6.45, 7) is 6.66. The number of anilines is 3. The molecule has 2 atom stereocenters. The second-order valence-electron chi connectivity index (χ2n) is 9.78. The quantitative estimate of drug-likeness (QED) is 0.342. The zero-order valence-electron chi connectivity index (χ0n) is 20.7. The van der Waals surface area contributed by atoms with Crippen molar-refractivity contribution in [2.45, 2.75) is 42.3 Å². The van der Waals surface area contributed by atoms with Crippen LogP contribution in [0.5, 0.6) is 0 Å². The van der Waals surface area contributed by atoms with Gasteiger partial charge in [0.1, 0.15) is 5.82 Å². The number of carbonyl (C=O) groups is 1. The second kappa shape index (κ2) is 9.81. The van der Waals surface area contributed by atoms with Gasteiger partial charge in [-0.25, -0.2) is 4.39 Å². The number of nitrogens with zero attached hydrogens (tertiary/aromatic N) is 4. The molecular weight excluding hydrogens is 672 g/mol. The molecule has 190 valence electrons. The van der Waals surface area contributed by atoms with Gasteiger partial charge < -0.3 is 0 Å². The Balaban J connectivity index is 1.61. The molecule has 1 aliphatic carbocycles. The van der Waals surface area contributed by atoms with Crippen LogP contribution in [-0.4, -0.2) is 59.4 Å². The summed E-state index contributed by atoms with van der Waals surface area (Å²) in [7, 11) is 1.70. The van der Waals surface area contributed by atoms with Gasteiger partial charge in [0.15, 0.2) is 0 Å². The van der Waals surface area contributed by atoms with E-state index in [1.807, 2.05) is 0 Å². The molecule has 0 bridgehead atoms. The van der Waals surface area contributed by atoms with E-state index in [1.165, 1.54) is 29.2 Å². The Morgan fingerprint density at radius 3 is 2.41 bits per heavy atom. The molecule has 2 aliphatic rings. The van der Waals surface area contributed by atoms with Gasteiger partial charge in [0.05, 0.1) is 0 Å². The first-order valence-electron chi connectivity index (χ1n) is 12.2. The smallest absolute Gasteiger partial charge is 0.0605 e. The molecule has 1 aliphatic heterocycles. The third-order valence-corrected chi connectivity index (χ3v) is 8.57. The van der Waals surface area contributed by atoms with E-state index < -0.39 is 29.2 Å². The molecule has 1 aromatic heterocycles. The Morgan fingerprint density at radius 2 is 1.81 bits per heavy atom. The number of fused-ring (bicyclic) bond motifs is 1. The van der Waals surface area contributed by atoms with Crippen LogP contribution >= 0.6 is 0 Å². The molecule has 37 heavy (non-hydrogen) atoms. The molecule has 6 nitrogen and oxygen atoms in total. The molecule has 0 spiro atoms.